The van der Waals surface area contributed by atoms with E-state index >= 15 is 0 Å². The summed E-state index contributed by atoms with van der Waals surface area (Å²) >= 11 is 0. The number of hydrogen-bond acceptors (Lipinski definition) is 2. The fourth-order valence-corrected chi connectivity index (χ4v) is 2.77. The average Bonchev–Trinajstić information content (AvgIpc) is 2.09. The Labute approximate surface area is 101 Å². The molecular formula is C13H22O2Si. The standard InChI is InChI=1S/C13H22O2Si/c1-8-6-11(14)10(7-15-16)9(2)12(8)13(3,4)5/h6,14H,7H2,1-5,16H3. The SMILES string of the molecule is Cc1cc(O)c(CO[SiH3])c(C)c1C(C)(C)C. The van der Waals surface area contributed by atoms with Crippen LogP contribution in [-0.4, -0.2) is 15.6 Å². The van der Waals surface area contributed by atoms with Crippen LogP contribution in [0.3, 0.4) is 0 Å². The van der Waals surface area contributed by atoms with Crippen molar-refractivity contribution in [1.29, 1.82) is 0 Å². The molecule has 1 rings (SSSR count). The molecule has 0 atom stereocenters. The zero-order valence-electron chi connectivity index (χ0n) is 11.1. The maximum atomic E-state index is 9.93. The van der Waals surface area contributed by atoms with Crippen molar-refractivity contribution in [3.63, 3.8) is 0 Å². The maximum absolute atomic E-state index is 9.93. The molecule has 0 fully saturated rings. The highest BCUT2D eigenvalue weighted by Crippen LogP contribution is 2.35. The normalized spacial score (nSPS) is 12.1. The summed E-state index contributed by atoms with van der Waals surface area (Å²) in [5.41, 5.74) is 4.67. The van der Waals surface area contributed by atoms with Crippen LogP contribution in [0.15, 0.2) is 6.07 Å². The molecule has 3 heteroatoms. The van der Waals surface area contributed by atoms with Crippen LogP contribution >= 0.6 is 0 Å². The van der Waals surface area contributed by atoms with E-state index in [-0.39, 0.29) is 5.41 Å². The van der Waals surface area contributed by atoms with Crippen molar-refractivity contribution >= 4 is 10.5 Å². The molecule has 0 aliphatic rings. The predicted octanol–water partition coefficient (Wildman–Crippen LogP) is 2.10. The first-order valence-electron chi connectivity index (χ1n) is 5.60. The van der Waals surface area contributed by atoms with Crippen LogP contribution < -0.4 is 0 Å². The van der Waals surface area contributed by atoms with Gasteiger partial charge in [0, 0.05) is 5.56 Å². The summed E-state index contributed by atoms with van der Waals surface area (Å²) in [6, 6.07) is 1.85. The van der Waals surface area contributed by atoms with Gasteiger partial charge in [0.15, 0.2) is 0 Å². The molecule has 1 aromatic rings. The molecule has 1 aromatic carbocycles. The van der Waals surface area contributed by atoms with Crippen LogP contribution in [0.25, 0.3) is 0 Å². The highest BCUT2D eigenvalue weighted by atomic mass is 28.2. The highest BCUT2D eigenvalue weighted by Gasteiger charge is 2.22. The van der Waals surface area contributed by atoms with E-state index in [0.717, 1.165) is 11.1 Å². The first-order chi connectivity index (χ1) is 7.29. The molecule has 0 amide bonds. The summed E-state index contributed by atoms with van der Waals surface area (Å²) in [6.45, 7) is 11.2. The molecule has 0 aliphatic carbocycles. The van der Waals surface area contributed by atoms with Gasteiger partial charge in [-0.15, -0.1) is 0 Å². The van der Waals surface area contributed by atoms with E-state index in [4.69, 9.17) is 4.43 Å². The monoisotopic (exact) mass is 238 g/mol. The molecule has 0 aliphatic heterocycles. The predicted molar refractivity (Wildman–Crippen MR) is 71.0 cm³/mol. The minimum Gasteiger partial charge on any atom is -0.508 e. The lowest BCUT2D eigenvalue weighted by atomic mass is 9.79. The van der Waals surface area contributed by atoms with E-state index in [2.05, 4.69) is 34.6 Å². The second-order valence-electron chi connectivity index (χ2n) is 5.37. The van der Waals surface area contributed by atoms with Crippen molar-refractivity contribution in [2.75, 3.05) is 0 Å². The van der Waals surface area contributed by atoms with Crippen molar-refractivity contribution < 1.29 is 9.53 Å². The van der Waals surface area contributed by atoms with Crippen LogP contribution in [0.5, 0.6) is 5.75 Å². The Morgan fingerprint density at radius 2 is 1.88 bits per heavy atom. The van der Waals surface area contributed by atoms with Gasteiger partial charge >= 0.3 is 0 Å². The van der Waals surface area contributed by atoms with Crippen LogP contribution in [0.1, 0.15) is 43.0 Å². The summed E-state index contributed by atoms with van der Waals surface area (Å²) in [5, 5.41) is 9.93. The zero-order chi connectivity index (χ0) is 12.5. The molecular weight excluding hydrogens is 216 g/mol. The maximum Gasteiger partial charge on any atom is 0.146 e. The van der Waals surface area contributed by atoms with Crippen molar-refractivity contribution in [2.24, 2.45) is 0 Å². The topological polar surface area (TPSA) is 29.5 Å². The molecule has 0 radical (unpaired) electrons. The first-order valence-corrected chi connectivity index (χ1v) is 6.42. The third-order valence-electron chi connectivity index (χ3n) is 2.92. The number of aryl methyl sites for hydroxylation is 1. The van der Waals surface area contributed by atoms with Crippen molar-refractivity contribution in [3.05, 3.63) is 28.3 Å². The third-order valence-corrected chi connectivity index (χ3v) is 3.21. The third kappa shape index (κ3) is 2.47. The molecule has 0 saturated carbocycles. The fourth-order valence-electron chi connectivity index (χ4n) is 2.48. The summed E-state index contributed by atoms with van der Waals surface area (Å²) in [4.78, 5) is 0. The van der Waals surface area contributed by atoms with Crippen molar-refractivity contribution in [3.8, 4) is 5.75 Å². The number of hydrogen-bond donors (Lipinski definition) is 1. The van der Waals surface area contributed by atoms with Gasteiger partial charge in [-0.3, -0.25) is 0 Å². The summed E-state index contributed by atoms with van der Waals surface area (Å²) < 4.78 is 5.28. The Morgan fingerprint density at radius 3 is 2.31 bits per heavy atom. The molecule has 0 bridgehead atoms. The lowest BCUT2D eigenvalue weighted by Crippen LogP contribution is -2.16. The van der Waals surface area contributed by atoms with Gasteiger partial charge in [0.05, 0.1) is 6.61 Å². The van der Waals surface area contributed by atoms with Gasteiger partial charge in [-0.2, -0.15) is 0 Å². The molecule has 0 aromatic heterocycles. The Balaban J connectivity index is 3.45. The minimum absolute atomic E-state index is 0.0990. The van der Waals surface area contributed by atoms with Crippen LogP contribution in [0.2, 0.25) is 0 Å². The molecule has 1 N–H and O–H groups in total. The first kappa shape index (κ1) is 13.3. The molecule has 0 spiro atoms. The average molecular weight is 238 g/mol. The van der Waals surface area contributed by atoms with Crippen molar-refractivity contribution in [2.45, 2.75) is 46.6 Å². The smallest absolute Gasteiger partial charge is 0.146 e. The van der Waals surface area contributed by atoms with Gasteiger partial charge in [0.1, 0.15) is 16.2 Å². The quantitative estimate of drug-likeness (QED) is 0.800. The molecule has 0 unspecified atom stereocenters. The Bertz CT molecular complexity index is 392. The molecule has 0 saturated heterocycles. The van der Waals surface area contributed by atoms with E-state index in [9.17, 15) is 5.11 Å². The summed E-state index contributed by atoms with van der Waals surface area (Å²) in [6.07, 6.45) is 0. The second-order valence-corrected chi connectivity index (χ2v) is 5.95. The summed E-state index contributed by atoms with van der Waals surface area (Å²) in [5.74, 6) is 0.360. The van der Waals surface area contributed by atoms with E-state index < -0.39 is 0 Å². The van der Waals surface area contributed by atoms with Gasteiger partial charge in [-0.05, 0) is 42.0 Å². The molecule has 2 nitrogen and oxygen atoms in total. The zero-order valence-corrected chi connectivity index (χ0v) is 13.1. The molecule has 16 heavy (non-hydrogen) atoms. The number of benzene rings is 1. The Hall–Kier alpha value is -0.803. The van der Waals surface area contributed by atoms with Gasteiger partial charge in [-0.1, -0.05) is 20.8 Å². The summed E-state index contributed by atoms with van der Waals surface area (Å²) in [7, 11) is 0.694. The lowest BCUT2D eigenvalue weighted by Gasteiger charge is -2.26. The van der Waals surface area contributed by atoms with E-state index in [1.807, 2.05) is 6.07 Å². The van der Waals surface area contributed by atoms with E-state index in [0.29, 0.717) is 22.8 Å². The van der Waals surface area contributed by atoms with Crippen LogP contribution in [-0.2, 0) is 16.4 Å². The van der Waals surface area contributed by atoms with Gasteiger partial charge in [-0.25, -0.2) is 0 Å². The lowest BCUT2D eigenvalue weighted by molar-refractivity contribution is 0.326. The Kier molecular flexibility index (Phi) is 3.81. The van der Waals surface area contributed by atoms with Gasteiger partial charge in [0.2, 0.25) is 0 Å². The number of aromatic hydroxyl groups is 1. The number of phenols is 1. The number of phenolic OH excluding ortho intramolecular Hbond substituents is 1. The van der Waals surface area contributed by atoms with Gasteiger partial charge in [0.25, 0.3) is 0 Å². The largest absolute Gasteiger partial charge is 0.508 e. The molecule has 0 heterocycles. The van der Waals surface area contributed by atoms with Crippen LogP contribution in [0, 0.1) is 13.8 Å². The minimum atomic E-state index is 0.0990. The fraction of sp³-hybridized carbons (Fsp3) is 0.538. The van der Waals surface area contributed by atoms with Gasteiger partial charge < -0.3 is 9.53 Å². The second kappa shape index (κ2) is 4.59. The molecule has 90 valence electrons. The highest BCUT2D eigenvalue weighted by molar-refractivity contribution is 5.97. The number of rotatable bonds is 2. The van der Waals surface area contributed by atoms with Crippen molar-refractivity contribution in [1.82, 2.24) is 0 Å². The van der Waals surface area contributed by atoms with E-state index in [1.54, 1.807) is 0 Å². The Morgan fingerprint density at radius 1 is 1.31 bits per heavy atom. The van der Waals surface area contributed by atoms with Crippen LogP contribution in [0.4, 0.5) is 0 Å². The van der Waals surface area contributed by atoms with E-state index in [1.165, 1.54) is 11.1 Å².